The average Bonchev–Trinajstić information content (AvgIpc) is 3.13. The number of rotatable bonds is 13. The van der Waals surface area contributed by atoms with Crippen LogP contribution >= 0.6 is 0 Å². The van der Waals surface area contributed by atoms with E-state index >= 15 is 0 Å². The first-order valence-corrected chi connectivity index (χ1v) is 11.6. The third-order valence-electron chi connectivity index (χ3n) is 5.83. The SMILES string of the molecule is O=C(O)CCCCCNC(=O)CCCCNC(=O)OCC1c2ccccc2-c2ccccc21. The van der Waals surface area contributed by atoms with E-state index < -0.39 is 12.1 Å². The minimum Gasteiger partial charge on any atom is -0.481 e. The van der Waals surface area contributed by atoms with Crippen molar-refractivity contribution in [2.75, 3.05) is 19.7 Å². The summed E-state index contributed by atoms with van der Waals surface area (Å²) in [6.07, 6.45) is 3.70. The molecule has 3 N–H and O–H groups in total. The van der Waals surface area contributed by atoms with Crippen molar-refractivity contribution in [3.63, 3.8) is 0 Å². The molecule has 0 atom stereocenters. The van der Waals surface area contributed by atoms with Crippen LogP contribution in [0.5, 0.6) is 0 Å². The van der Waals surface area contributed by atoms with Crippen LogP contribution in [0, 0.1) is 0 Å². The molecule has 1 aliphatic carbocycles. The van der Waals surface area contributed by atoms with Crippen LogP contribution in [-0.2, 0) is 14.3 Å². The molecule has 1 aliphatic rings. The molecule has 33 heavy (non-hydrogen) atoms. The van der Waals surface area contributed by atoms with Crippen molar-refractivity contribution in [3.8, 4) is 11.1 Å². The van der Waals surface area contributed by atoms with Crippen LogP contribution in [0.2, 0.25) is 0 Å². The van der Waals surface area contributed by atoms with Crippen molar-refractivity contribution < 1.29 is 24.2 Å². The van der Waals surface area contributed by atoms with Crippen molar-refractivity contribution in [1.82, 2.24) is 10.6 Å². The van der Waals surface area contributed by atoms with E-state index in [1.807, 2.05) is 24.3 Å². The smallest absolute Gasteiger partial charge is 0.407 e. The van der Waals surface area contributed by atoms with Crippen molar-refractivity contribution in [2.24, 2.45) is 0 Å². The number of hydrogen-bond donors (Lipinski definition) is 3. The molecule has 176 valence electrons. The molecule has 0 fully saturated rings. The summed E-state index contributed by atoms with van der Waals surface area (Å²) in [7, 11) is 0. The summed E-state index contributed by atoms with van der Waals surface area (Å²) in [5.41, 5.74) is 4.75. The highest BCUT2D eigenvalue weighted by Crippen LogP contribution is 2.44. The molecule has 0 aromatic heterocycles. The Balaban J connectivity index is 1.27. The maximum absolute atomic E-state index is 12.1. The van der Waals surface area contributed by atoms with Gasteiger partial charge in [0.15, 0.2) is 0 Å². The second kappa shape index (κ2) is 12.6. The number of carboxylic acid groups (broad SMARTS) is 1. The standard InChI is InChI=1S/C26H32N2O5/c29-24(27-16-8-1-2-15-25(30)31)14-7-9-17-28-26(32)33-18-23-21-12-5-3-10-19(21)20-11-4-6-13-22(20)23/h3-6,10-13,23H,1-2,7-9,14-18H2,(H,27,29)(H,28,32)(H,30,31). The van der Waals surface area contributed by atoms with E-state index in [2.05, 4.69) is 34.9 Å². The van der Waals surface area contributed by atoms with Gasteiger partial charge in [0.2, 0.25) is 5.91 Å². The van der Waals surface area contributed by atoms with Gasteiger partial charge in [-0.2, -0.15) is 0 Å². The molecule has 0 bridgehead atoms. The summed E-state index contributed by atoms with van der Waals surface area (Å²) in [5, 5.41) is 14.2. The molecule has 0 aliphatic heterocycles. The van der Waals surface area contributed by atoms with Gasteiger partial charge in [-0.05, 0) is 47.9 Å². The minimum absolute atomic E-state index is 0.0191. The number of carbonyl (C=O) groups is 3. The Morgan fingerprint density at radius 1 is 0.758 bits per heavy atom. The van der Waals surface area contributed by atoms with Gasteiger partial charge in [0.05, 0.1) is 0 Å². The molecule has 2 aromatic carbocycles. The second-order valence-electron chi connectivity index (χ2n) is 8.26. The maximum atomic E-state index is 12.1. The number of alkyl carbamates (subject to hydrolysis) is 1. The number of carboxylic acids is 1. The highest BCUT2D eigenvalue weighted by molar-refractivity contribution is 5.79. The lowest BCUT2D eigenvalue weighted by Crippen LogP contribution is -2.27. The zero-order valence-corrected chi connectivity index (χ0v) is 18.8. The monoisotopic (exact) mass is 452 g/mol. The molecule has 0 saturated carbocycles. The third-order valence-corrected chi connectivity index (χ3v) is 5.83. The highest BCUT2D eigenvalue weighted by atomic mass is 16.5. The zero-order chi connectivity index (χ0) is 23.5. The normalized spacial score (nSPS) is 12.0. The highest BCUT2D eigenvalue weighted by Gasteiger charge is 2.28. The van der Waals surface area contributed by atoms with Crippen LogP contribution in [0.15, 0.2) is 48.5 Å². The van der Waals surface area contributed by atoms with Crippen molar-refractivity contribution in [1.29, 1.82) is 0 Å². The molecule has 2 amide bonds. The molecule has 0 spiro atoms. The lowest BCUT2D eigenvalue weighted by atomic mass is 9.98. The number of nitrogens with one attached hydrogen (secondary N) is 2. The van der Waals surface area contributed by atoms with Crippen LogP contribution in [0.25, 0.3) is 11.1 Å². The molecule has 0 unspecified atom stereocenters. The van der Waals surface area contributed by atoms with Crippen LogP contribution in [0.4, 0.5) is 4.79 Å². The number of aliphatic carboxylic acids is 1. The first-order chi connectivity index (χ1) is 16.1. The summed E-state index contributed by atoms with van der Waals surface area (Å²) < 4.78 is 5.50. The summed E-state index contributed by atoms with van der Waals surface area (Å²) in [4.78, 5) is 34.4. The Hall–Kier alpha value is -3.35. The van der Waals surface area contributed by atoms with E-state index in [9.17, 15) is 14.4 Å². The lowest BCUT2D eigenvalue weighted by molar-refractivity contribution is -0.137. The van der Waals surface area contributed by atoms with E-state index in [0.717, 1.165) is 12.8 Å². The van der Waals surface area contributed by atoms with Gasteiger partial charge >= 0.3 is 12.1 Å². The number of fused-ring (bicyclic) bond motifs is 3. The molecular weight excluding hydrogens is 420 g/mol. The zero-order valence-electron chi connectivity index (χ0n) is 18.8. The number of hydrogen-bond acceptors (Lipinski definition) is 4. The molecule has 7 nitrogen and oxygen atoms in total. The van der Waals surface area contributed by atoms with Crippen molar-refractivity contribution in [2.45, 2.75) is 50.9 Å². The minimum atomic E-state index is -0.786. The van der Waals surface area contributed by atoms with Crippen LogP contribution < -0.4 is 10.6 Å². The van der Waals surface area contributed by atoms with E-state index in [0.29, 0.717) is 38.8 Å². The van der Waals surface area contributed by atoms with Gasteiger partial charge < -0.3 is 20.5 Å². The number of carbonyl (C=O) groups excluding carboxylic acids is 2. The maximum Gasteiger partial charge on any atom is 0.407 e. The predicted octanol–water partition coefficient (Wildman–Crippen LogP) is 4.46. The fourth-order valence-electron chi connectivity index (χ4n) is 4.14. The Kier molecular flexibility index (Phi) is 9.30. The molecule has 3 rings (SSSR count). The summed E-state index contributed by atoms with van der Waals surface area (Å²) >= 11 is 0. The quantitative estimate of drug-likeness (QED) is 0.389. The Bertz CT molecular complexity index is 914. The van der Waals surface area contributed by atoms with Gasteiger partial charge in [-0.3, -0.25) is 9.59 Å². The third kappa shape index (κ3) is 7.34. The first kappa shape index (κ1) is 24.3. The predicted molar refractivity (Wildman–Crippen MR) is 126 cm³/mol. The molecular formula is C26H32N2O5. The Labute approximate surface area is 194 Å². The fraction of sp³-hybridized carbons (Fsp3) is 0.423. The summed E-state index contributed by atoms with van der Waals surface area (Å²) in [5.74, 6) is -0.768. The van der Waals surface area contributed by atoms with Crippen LogP contribution in [0.1, 0.15) is 62.0 Å². The number of unbranched alkanes of at least 4 members (excludes halogenated alkanes) is 3. The number of ether oxygens (including phenoxy) is 1. The lowest BCUT2D eigenvalue weighted by Gasteiger charge is -2.14. The Morgan fingerprint density at radius 3 is 2.00 bits per heavy atom. The van der Waals surface area contributed by atoms with Crippen LogP contribution in [0.3, 0.4) is 0 Å². The molecule has 7 heteroatoms. The number of benzene rings is 2. The van der Waals surface area contributed by atoms with E-state index in [1.54, 1.807) is 0 Å². The van der Waals surface area contributed by atoms with E-state index in [-0.39, 0.29) is 24.9 Å². The van der Waals surface area contributed by atoms with Crippen molar-refractivity contribution >= 4 is 18.0 Å². The van der Waals surface area contributed by atoms with E-state index in [1.165, 1.54) is 22.3 Å². The molecule has 2 aromatic rings. The average molecular weight is 453 g/mol. The van der Waals surface area contributed by atoms with Gasteiger partial charge in [-0.1, -0.05) is 55.0 Å². The van der Waals surface area contributed by atoms with Gasteiger partial charge in [0, 0.05) is 31.8 Å². The van der Waals surface area contributed by atoms with Gasteiger partial charge in [-0.25, -0.2) is 4.79 Å². The summed E-state index contributed by atoms with van der Waals surface area (Å²) in [6.45, 7) is 1.31. The Morgan fingerprint density at radius 2 is 1.33 bits per heavy atom. The van der Waals surface area contributed by atoms with Gasteiger partial charge in [0.1, 0.15) is 6.61 Å². The largest absolute Gasteiger partial charge is 0.481 e. The van der Waals surface area contributed by atoms with Crippen molar-refractivity contribution in [3.05, 3.63) is 59.7 Å². The van der Waals surface area contributed by atoms with Gasteiger partial charge in [-0.15, -0.1) is 0 Å². The second-order valence-corrected chi connectivity index (χ2v) is 8.26. The first-order valence-electron chi connectivity index (χ1n) is 11.6. The number of amides is 2. The van der Waals surface area contributed by atoms with Gasteiger partial charge in [0.25, 0.3) is 0 Å². The molecule has 0 saturated heterocycles. The fourth-order valence-corrected chi connectivity index (χ4v) is 4.14. The van der Waals surface area contributed by atoms with E-state index in [4.69, 9.17) is 9.84 Å². The molecule has 0 radical (unpaired) electrons. The topological polar surface area (TPSA) is 105 Å². The summed E-state index contributed by atoms with van der Waals surface area (Å²) in [6, 6.07) is 16.4. The molecule has 0 heterocycles. The van der Waals surface area contributed by atoms with Crippen LogP contribution in [-0.4, -0.2) is 42.8 Å².